The van der Waals surface area contributed by atoms with Gasteiger partial charge >= 0.3 is 5.69 Å². The Hall–Kier alpha value is -3.68. The van der Waals surface area contributed by atoms with Gasteiger partial charge in [0.25, 0.3) is 11.5 Å². The van der Waals surface area contributed by atoms with E-state index in [1.54, 1.807) is 12.1 Å². The van der Waals surface area contributed by atoms with Crippen LogP contribution < -0.4 is 21.9 Å². The van der Waals surface area contributed by atoms with E-state index in [0.29, 0.717) is 11.3 Å². The number of aromatic nitrogens is 2. The predicted molar refractivity (Wildman–Crippen MR) is 105 cm³/mol. The highest BCUT2D eigenvalue weighted by Crippen LogP contribution is 2.15. The number of benzene rings is 2. The molecule has 0 aliphatic rings. The lowest BCUT2D eigenvalue weighted by molar-refractivity contribution is -0.120. The van der Waals surface area contributed by atoms with Gasteiger partial charge in [-0.3, -0.25) is 23.5 Å². The molecule has 0 spiro atoms. The summed E-state index contributed by atoms with van der Waals surface area (Å²) in [5, 5.41) is 7.11. The quantitative estimate of drug-likeness (QED) is 0.664. The molecule has 0 atom stereocenters. The van der Waals surface area contributed by atoms with Crippen molar-refractivity contribution in [1.82, 2.24) is 19.8 Å². The zero-order valence-electron chi connectivity index (χ0n) is 15.6. The normalized spacial score (nSPS) is 10.6. The van der Waals surface area contributed by atoms with Gasteiger partial charge in [0, 0.05) is 31.4 Å². The first-order valence-corrected chi connectivity index (χ1v) is 8.66. The Balaban J connectivity index is 1.59. The van der Waals surface area contributed by atoms with Gasteiger partial charge < -0.3 is 10.6 Å². The summed E-state index contributed by atoms with van der Waals surface area (Å²) >= 11 is 0. The van der Waals surface area contributed by atoms with Gasteiger partial charge in [0.1, 0.15) is 0 Å². The number of hydrogen-bond acceptors (Lipinski definition) is 4. The zero-order chi connectivity index (χ0) is 20.3. The Bertz CT molecular complexity index is 1180. The Kier molecular flexibility index (Phi) is 5.39. The summed E-state index contributed by atoms with van der Waals surface area (Å²) in [5.41, 5.74) is -0.0823. The van der Waals surface area contributed by atoms with Gasteiger partial charge in [0.2, 0.25) is 5.91 Å². The van der Waals surface area contributed by atoms with Crippen LogP contribution >= 0.6 is 0 Å². The summed E-state index contributed by atoms with van der Waals surface area (Å²) < 4.78 is 2.27. The minimum absolute atomic E-state index is 0.00645. The van der Waals surface area contributed by atoms with Crippen molar-refractivity contribution in [1.29, 1.82) is 0 Å². The molecule has 144 valence electrons. The lowest BCUT2D eigenvalue weighted by atomic mass is 10.1. The number of carbonyl (C=O) groups excluding carboxylic acids is 2. The van der Waals surface area contributed by atoms with E-state index in [4.69, 9.17) is 0 Å². The Morgan fingerprint density at radius 2 is 1.61 bits per heavy atom. The van der Waals surface area contributed by atoms with E-state index >= 15 is 0 Å². The van der Waals surface area contributed by atoms with Gasteiger partial charge in [-0.2, -0.15) is 0 Å². The molecule has 8 heteroatoms. The molecule has 28 heavy (non-hydrogen) atoms. The maximum atomic E-state index is 12.3. The molecule has 0 saturated heterocycles. The molecule has 0 bridgehead atoms. The van der Waals surface area contributed by atoms with Crippen molar-refractivity contribution in [3.63, 3.8) is 0 Å². The smallest absolute Gasteiger partial charge is 0.330 e. The fourth-order valence-corrected chi connectivity index (χ4v) is 2.79. The molecule has 2 amide bonds. The number of fused-ring (bicyclic) bond motifs is 1. The summed E-state index contributed by atoms with van der Waals surface area (Å²) in [4.78, 5) is 47.9. The molecule has 3 aromatic rings. The molecule has 0 aliphatic carbocycles. The molecule has 0 unspecified atom stereocenters. The summed E-state index contributed by atoms with van der Waals surface area (Å²) in [6, 6.07) is 14.3. The van der Waals surface area contributed by atoms with E-state index in [1.165, 1.54) is 24.7 Å². The molecular formula is C20H20N4O4. The Morgan fingerprint density at radius 3 is 2.36 bits per heavy atom. The van der Waals surface area contributed by atoms with E-state index in [2.05, 4.69) is 10.6 Å². The van der Waals surface area contributed by atoms with Crippen molar-refractivity contribution in [3.05, 3.63) is 80.6 Å². The summed E-state index contributed by atoms with van der Waals surface area (Å²) in [7, 11) is 2.90. The minimum Gasteiger partial charge on any atom is -0.349 e. The van der Waals surface area contributed by atoms with Crippen molar-refractivity contribution in [2.24, 2.45) is 14.1 Å². The van der Waals surface area contributed by atoms with Crippen LogP contribution in [0.2, 0.25) is 0 Å². The number of carbonyl (C=O) groups is 2. The maximum absolute atomic E-state index is 12.3. The van der Waals surface area contributed by atoms with Crippen LogP contribution in [0.25, 0.3) is 10.8 Å². The molecule has 0 aliphatic heterocycles. The second-order valence-corrected chi connectivity index (χ2v) is 6.40. The Morgan fingerprint density at radius 1 is 0.893 bits per heavy atom. The van der Waals surface area contributed by atoms with Gasteiger partial charge in [0.15, 0.2) is 0 Å². The second-order valence-electron chi connectivity index (χ2n) is 6.40. The fourth-order valence-electron chi connectivity index (χ4n) is 2.79. The van der Waals surface area contributed by atoms with Gasteiger partial charge in [0.05, 0.1) is 13.1 Å². The number of hydrogen-bond donors (Lipinski definition) is 2. The number of nitrogens with one attached hydrogen (secondary N) is 2. The first kappa shape index (κ1) is 19.1. The largest absolute Gasteiger partial charge is 0.349 e. The third kappa shape index (κ3) is 4.01. The molecule has 0 radical (unpaired) electrons. The molecule has 1 heterocycles. The number of amides is 2. The van der Waals surface area contributed by atoms with Crippen molar-refractivity contribution >= 4 is 22.6 Å². The van der Waals surface area contributed by atoms with Crippen molar-refractivity contribution in [2.45, 2.75) is 6.54 Å². The van der Waals surface area contributed by atoms with Crippen molar-refractivity contribution < 1.29 is 9.59 Å². The van der Waals surface area contributed by atoms with Crippen LogP contribution in [-0.2, 0) is 25.4 Å². The van der Waals surface area contributed by atoms with Crippen LogP contribution in [0, 0.1) is 0 Å². The van der Waals surface area contributed by atoms with Crippen LogP contribution in [-0.4, -0.2) is 27.5 Å². The molecule has 3 rings (SSSR count). The third-order valence-corrected chi connectivity index (χ3v) is 4.51. The maximum Gasteiger partial charge on any atom is 0.330 e. The standard InChI is InChI=1S/C20H20N4O4/c1-23-16(10-18(26)24(2)20(23)28)11-21-17(25)12-22-19(27)15-8-7-13-5-3-4-6-14(13)9-15/h3-10H,11-12H2,1-2H3,(H,21,25)(H,22,27). The monoisotopic (exact) mass is 380 g/mol. The second kappa shape index (κ2) is 7.91. The lowest BCUT2D eigenvalue weighted by Gasteiger charge is -2.11. The van der Waals surface area contributed by atoms with Gasteiger partial charge in [-0.25, -0.2) is 4.79 Å². The average molecular weight is 380 g/mol. The topological polar surface area (TPSA) is 102 Å². The van der Waals surface area contributed by atoms with E-state index < -0.39 is 17.2 Å². The van der Waals surface area contributed by atoms with Crippen LogP contribution in [0.5, 0.6) is 0 Å². The lowest BCUT2D eigenvalue weighted by Crippen LogP contribution is -2.41. The summed E-state index contributed by atoms with van der Waals surface area (Å²) in [6.07, 6.45) is 0. The minimum atomic E-state index is -0.471. The van der Waals surface area contributed by atoms with E-state index in [9.17, 15) is 19.2 Å². The average Bonchev–Trinajstić information content (AvgIpc) is 2.71. The van der Waals surface area contributed by atoms with Crippen LogP contribution in [0.15, 0.2) is 58.1 Å². The molecule has 1 aromatic heterocycles. The highest BCUT2D eigenvalue weighted by Gasteiger charge is 2.10. The first-order chi connectivity index (χ1) is 13.4. The molecule has 0 fully saturated rings. The SMILES string of the molecule is Cn1c(CNC(=O)CNC(=O)c2ccc3ccccc3c2)cc(=O)n(C)c1=O. The van der Waals surface area contributed by atoms with Gasteiger partial charge in [-0.1, -0.05) is 30.3 Å². The Labute approximate surface area is 160 Å². The first-order valence-electron chi connectivity index (χ1n) is 8.66. The van der Waals surface area contributed by atoms with Gasteiger partial charge in [-0.15, -0.1) is 0 Å². The fraction of sp³-hybridized carbons (Fsp3) is 0.200. The van der Waals surface area contributed by atoms with Crippen LogP contribution in [0.4, 0.5) is 0 Å². The van der Waals surface area contributed by atoms with E-state index in [0.717, 1.165) is 15.3 Å². The summed E-state index contributed by atoms with van der Waals surface area (Å²) in [5.74, 6) is -0.788. The molecule has 2 N–H and O–H groups in total. The molecule has 2 aromatic carbocycles. The van der Waals surface area contributed by atoms with Crippen molar-refractivity contribution in [3.8, 4) is 0 Å². The van der Waals surface area contributed by atoms with E-state index in [1.807, 2.05) is 30.3 Å². The molecular weight excluding hydrogens is 360 g/mol. The van der Waals surface area contributed by atoms with Gasteiger partial charge in [-0.05, 0) is 22.9 Å². The van der Waals surface area contributed by atoms with Crippen molar-refractivity contribution in [2.75, 3.05) is 6.54 Å². The number of rotatable bonds is 5. The predicted octanol–water partition coefficient (Wildman–Crippen LogP) is 0.283. The highest BCUT2D eigenvalue weighted by atomic mass is 16.2. The molecule has 8 nitrogen and oxygen atoms in total. The van der Waals surface area contributed by atoms with Crippen LogP contribution in [0.3, 0.4) is 0 Å². The van der Waals surface area contributed by atoms with E-state index in [-0.39, 0.29) is 19.0 Å². The highest BCUT2D eigenvalue weighted by molar-refractivity contribution is 5.99. The summed E-state index contributed by atoms with van der Waals surface area (Å²) in [6.45, 7) is -0.211. The number of nitrogens with zero attached hydrogens (tertiary/aromatic N) is 2. The molecule has 0 saturated carbocycles. The third-order valence-electron chi connectivity index (χ3n) is 4.51. The van der Waals surface area contributed by atoms with Crippen LogP contribution in [0.1, 0.15) is 16.1 Å². The zero-order valence-corrected chi connectivity index (χ0v) is 15.6.